The van der Waals surface area contributed by atoms with Gasteiger partial charge in [-0.25, -0.2) is 0 Å². The molecule has 0 saturated heterocycles. The van der Waals surface area contributed by atoms with Crippen molar-refractivity contribution in [1.82, 2.24) is 0 Å². The van der Waals surface area contributed by atoms with Gasteiger partial charge in [-0.2, -0.15) is 0 Å². The summed E-state index contributed by atoms with van der Waals surface area (Å²) in [5.74, 6) is 0.622. The van der Waals surface area contributed by atoms with Gasteiger partial charge in [-0.1, -0.05) is 18.2 Å². The van der Waals surface area contributed by atoms with Crippen molar-refractivity contribution in [1.29, 1.82) is 0 Å². The fourth-order valence-corrected chi connectivity index (χ4v) is 0.931. The number of hydrogen-bond donors (Lipinski definition) is 3. The summed E-state index contributed by atoms with van der Waals surface area (Å²) in [5, 5.41) is 26.8. The third-order valence-electron chi connectivity index (χ3n) is 1.80. The van der Waals surface area contributed by atoms with Crippen LogP contribution in [0.1, 0.15) is 0 Å². The maximum atomic E-state index is 9.24. The first kappa shape index (κ1) is 11.0. The molecule has 0 aliphatic carbocycles. The van der Waals surface area contributed by atoms with Gasteiger partial charge >= 0.3 is 0 Å². The Morgan fingerprint density at radius 2 is 1.71 bits per heavy atom. The molecule has 2 atom stereocenters. The zero-order valence-electron chi connectivity index (χ0n) is 7.71. The molecule has 3 N–H and O–H groups in total. The number of rotatable bonds is 5. The maximum absolute atomic E-state index is 9.24. The summed E-state index contributed by atoms with van der Waals surface area (Å²) in [6.45, 7) is -0.509. The van der Waals surface area contributed by atoms with Crippen LogP contribution in [0.5, 0.6) is 5.75 Å². The lowest BCUT2D eigenvalue weighted by atomic mass is 10.2. The molecule has 14 heavy (non-hydrogen) atoms. The van der Waals surface area contributed by atoms with Crippen molar-refractivity contribution in [3.05, 3.63) is 30.3 Å². The topological polar surface area (TPSA) is 69.9 Å². The van der Waals surface area contributed by atoms with Crippen LogP contribution in [0, 0.1) is 0 Å². The number of aliphatic hydroxyl groups excluding tert-OH is 3. The Morgan fingerprint density at radius 1 is 1.07 bits per heavy atom. The van der Waals surface area contributed by atoms with Gasteiger partial charge in [0.15, 0.2) is 0 Å². The molecule has 0 fully saturated rings. The lowest BCUT2D eigenvalue weighted by molar-refractivity contribution is -0.0339. The van der Waals surface area contributed by atoms with Crippen LogP contribution in [0.4, 0.5) is 0 Å². The standard InChI is InChI=1S/C10H14O4/c11-6-9(12)10(13)7-14-8-4-2-1-3-5-8/h1-5,9-13H,6-7H2/t9-,10-/m1/s1. The summed E-state index contributed by atoms with van der Waals surface area (Å²) in [7, 11) is 0. The predicted octanol–water partition coefficient (Wildman–Crippen LogP) is -0.221. The zero-order chi connectivity index (χ0) is 10.4. The highest BCUT2D eigenvalue weighted by atomic mass is 16.5. The molecule has 0 radical (unpaired) electrons. The fraction of sp³-hybridized carbons (Fsp3) is 0.400. The molecule has 0 bridgehead atoms. The van der Waals surface area contributed by atoms with Crippen molar-refractivity contribution in [2.75, 3.05) is 13.2 Å². The van der Waals surface area contributed by atoms with Crippen LogP contribution in [0.15, 0.2) is 30.3 Å². The molecule has 4 heteroatoms. The first-order valence-electron chi connectivity index (χ1n) is 4.39. The Bertz CT molecular complexity index is 250. The van der Waals surface area contributed by atoms with E-state index >= 15 is 0 Å². The molecule has 78 valence electrons. The van der Waals surface area contributed by atoms with Gasteiger partial charge in [0.25, 0.3) is 0 Å². The van der Waals surface area contributed by atoms with Crippen molar-refractivity contribution in [2.24, 2.45) is 0 Å². The smallest absolute Gasteiger partial charge is 0.119 e. The average molecular weight is 198 g/mol. The van der Waals surface area contributed by atoms with E-state index in [1.807, 2.05) is 18.2 Å². The summed E-state index contributed by atoms with van der Waals surface area (Å²) in [6.07, 6.45) is -2.22. The first-order valence-corrected chi connectivity index (χ1v) is 4.39. The molecular weight excluding hydrogens is 184 g/mol. The van der Waals surface area contributed by atoms with Crippen molar-refractivity contribution in [3.63, 3.8) is 0 Å². The summed E-state index contributed by atoms with van der Waals surface area (Å²) in [6, 6.07) is 8.97. The Balaban J connectivity index is 2.34. The minimum absolute atomic E-state index is 0.0360. The predicted molar refractivity (Wildman–Crippen MR) is 51.0 cm³/mol. The van der Waals surface area contributed by atoms with E-state index in [2.05, 4.69) is 0 Å². The molecule has 1 aromatic rings. The summed E-state index contributed by atoms with van der Waals surface area (Å²) in [4.78, 5) is 0. The SMILES string of the molecule is OC[C@@H](O)[C@H](O)COc1ccccc1. The van der Waals surface area contributed by atoms with Gasteiger partial charge in [0, 0.05) is 0 Å². The largest absolute Gasteiger partial charge is 0.491 e. The molecule has 0 spiro atoms. The minimum atomic E-state index is -1.15. The minimum Gasteiger partial charge on any atom is -0.491 e. The third kappa shape index (κ3) is 3.33. The molecule has 0 amide bonds. The average Bonchev–Trinajstić information content (AvgIpc) is 2.26. The second-order valence-corrected chi connectivity index (χ2v) is 2.94. The third-order valence-corrected chi connectivity index (χ3v) is 1.80. The second-order valence-electron chi connectivity index (χ2n) is 2.94. The number of aliphatic hydroxyl groups is 3. The van der Waals surface area contributed by atoms with E-state index in [1.165, 1.54) is 0 Å². The highest BCUT2D eigenvalue weighted by Gasteiger charge is 2.15. The number of hydrogen-bond acceptors (Lipinski definition) is 4. The van der Waals surface area contributed by atoms with Crippen molar-refractivity contribution < 1.29 is 20.1 Å². The van der Waals surface area contributed by atoms with E-state index in [0.29, 0.717) is 5.75 Å². The molecule has 4 nitrogen and oxygen atoms in total. The van der Waals surface area contributed by atoms with Gasteiger partial charge in [0.2, 0.25) is 0 Å². The molecule has 1 aromatic carbocycles. The summed E-state index contributed by atoms with van der Waals surface area (Å²) < 4.78 is 5.17. The van der Waals surface area contributed by atoms with Crippen molar-refractivity contribution in [2.45, 2.75) is 12.2 Å². The zero-order valence-corrected chi connectivity index (χ0v) is 7.71. The maximum Gasteiger partial charge on any atom is 0.119 e. The highest BCUT2D eigenvalue weighted by molar-refractivity contribution is 5.20. The quantitative estimate of drug-likeness (QED) is 0.611. The molecule has 0 aromatic heterocycles. The van der Waals surface area contributed by atoms with Crippen LogP contribution in [0.25, 0.3) is 0 Å². The Kier molecular flexibility index (Phi) is 4.39. The number of para-hydroxylation sites is 1. The molecule has 0 saturated carbocycles. The monoisotopic (exact) mass is 198 g/mol. The number of ether oxygens (including phenoxy) is 1. The van der Waals surface area contributed by atoms with Gasteiger partial charge in [0.05, 0.1) is 6.61 Å². The van der Waals surface area contributed by atoms with Crippen LogP contribution >= 0.6 is 0 Å². The summed E-state index contributed by atoms with van der Waals surface area (Å²) >= 11 is 0. The van der Waals surface area contributed by atoms with Crippen LogP contribution in [0.2, 0.25) is 0 Å². The second kappa shape index (κ2) is 5.59. The fourth-order valence-electron chi connectivity index (χ4n) is 0.931. The first-order chi connectivity index (χ1) is 6.74. The normalized spacial score (nSPS) is 14.8. The molecule has 0 heterocycles. The van der Waals surface area contributed by atoms with E-state index in [-0.39, 0.29) is 6.61 Å². The van der Waals surface area contributed by atoms with E-state index in [0.717, 1.165) is 0 Å². The Morgan fingerprint density at radius 3 is 2.29 bits per heavy atom. The van der Waals surface area contributed by atoms with Crippen LogP contribution in [-0.4, -0.2) is 40.7 Å². The van der Waals surface area contributed by atoms with Crippen LogP contribution in [-0.2, 0) is 0 Å². The van der Waals surface area contributed by atoms with E-state index in [1.54, 1.807) is 12.1 Å². The van der Waals surface area contributed by atoms with E-state index in [9.17, 15) is 5.11 Å². The van der Waals surface area contributed by atoms with E-state index in [4.69, 9.17) is 14.9 Å². The van der Waals surface area contributed by atoms with Gasteiger partial charge in [-0.05, 0) is 12.1 Å². The molecule has 0 aliphatic rings. The van der Waals surface area contributed by atoms with Gasteiger partial charge in [0.1, 0.15) is 24.6 Å². The van der Waals surface area contributed by atoms with Crippen LogP contribution < -0.4 is 4.74 Å². The van der Waals surface area contributed by atoms with Gasteiger partial charge in [-0.15, -0.1) is 0 Å². The molecule has 1 rings (SSSR count). The molecular formula is C10H14O4. The lowest BCUT2D eigenvalue weighted by Gasteiger charge is -2.15. The van der Waals surface area contributed by atoms with Crippen LogP contribution in [0.3, 0.4) is 0 Å². The number of benzene rings is 1. The molecule has 0 aliphatic heterocycles. The lowest BCUT2D eigenvalue weighted by Crippen LogP contribution is -2.34. The Labute approximate surface area is 82.4 Å². The van der Waals surface area contributed by atoms with Gasteiger partial charge < -0.3 is 20.1 Å². The summed E-state index contributed by atoms with van der Waals surface area (Å²) in [5.41, 5.74) is 0. The Hall–Kier alpha value is -1.10. The molecule has 0 unspecified atom stereocenters. The highest BCUT2D eigenvalue weighted by Crippen LogP contribution is 2.08. The van der Waals surface area contributed by atoms with Gasteiger partial charge in [-0.3, -0.25) is 0 Å². The van der Waals surface area contributed by atoms with Crippen molar-refractivity contribution in [3.8, 4) is 5.75 Å². The van der Waals surface area contributed by atoms with Crippen molar-refractivity contribution >= 4 is 0 Å². The van der Waals surface area contributed by atoms with E-state index < -0.39 is 18.8 Å².